The summed E-state index contributed by atoms with van der Waals surface area (Å²) < 4.78 is 27.3. The zero-order chi connectivity index (χ0) is 18.1. The fraction of sp³-hybridized carbons (Fsp3) is 0.529. The molecule has 2 amide bonds. The van der Waals surface area contributed by atoms with E-state index < -0.39 is 29.1 Å². The first-order valence-electron chi connectivity index (χ1n) is 8.11. The minimum Gasteiger partial charge on any atom is -0.353 e. The number of hydrogen-bond donors (Lipinski definition) is 3. The summed E-state index contributed by atoms with van der Waals surface area (Å²) in [6, 6.07) is 2.31. The molecule has 25 heavy (non-hydrogen) atoms. The highest BCUT2D eigenvalue weighted by Gasteiger charge is 2.26. The van der Waals surface area contributed by atoms with Crippen molar-refractivity contribution in [2.75, 3.05) is 19.6 Å². The van der Waals surface area contributed by atoms with Crippen molar-refractivity contribution in [1.29, 1.82) is 0 Å². The van der Waals surface area contributed by atoms with Gasteiger partial charge in [-0.3, -0.25) is 9.59 Å². The Morgan fingerprint density at radius 3 is 2.20 bits per heavy atom. The average Bonchev–Trinajstić information content (AvgIpc) is 2.51. The number of rotatable bonds is 9. The normalized spacial score (nSPS) is 11.6. The van der Waals surface area contributed by atoms with Gasteiger partial charge >= 0.3 is 0 Å². The molecule has 0 unspecified atom stereocenters. The van der Waals surface area contributed by atoms with Crippen molar-refractivity contribution in [2.24, 2.45) is 5.92 Å². The summed E-state index contributed by atoms with van der Waals surface area (Å²) >= 11 is 0. The van der Waals surface area contributed by atoms with Gasteiger partial charge in [-0.1, -0.05) is 26.8 Å². The highest BCUT2D eigenvalue weighted by molar-refractivity contribution is 5.98. The second-order valence-corrected chi connectivity index (χ2v) is 5.83. The maximum Gasteiger partial charge on any atom is 0.257 e. The number of carbonyl (C=O) groups is 2. The van der Waals surface area contributed by atoms with E-state index >= 15 is 0 Å². The van der Waals surface area contributed by atoms with E-state index in [2.05, 4.69) is 16.0 Å². The lowest BCUT2D eigenvalue weighted by molar-refractivity contribution is -0.123. The lowest BCUT2D eigenvalue weighted by Crippen LogP contribution is -2.51. The Morgan fingerprint density at radius 1 is 1.08 bits per heavy atom. The van der Waals surface area contributed by atoms with E-state index in [1.54, 1.807) is 13.8 Å². The fourth-order valence-corrected chi connectivity index (χ4v) is 2.15. The van der Waals surface area contributed by atoms with Crippen LogP contribution in [0.3, 0.4) is 0 Å². The summed E-state index contributed by atoms with van der Waals surface area (Å²) in [5, 5.41) is 8.26. The summed E-state index contributed by atoms with van der Waals surface area (Å²) in [5.41, 5.74) is -0.680. The minimum atomic E-state index is -0.959. The van der Waals surface area contributed by atoms with E-state index in [0.29, 0.717) is 13.1 Å². The van der Waals surface area contributed by atoms with Gasteiger partial charge in [0.1, 0.15) is 23.2 Å². The quantitative estimate of drug-likeness (QED) is 0.578. The second kappa shape index (κ2) is 11.8. The van der Waals surface area contributed by atoms with Crippen LogP contribution in [-0.2, 0) is 4.79 Å². The van der Waals surface area contributed by atoms with Crippen LogP contribution in [0.25, 0.3) is 0 Å². The van der Waals surface area contributed by atoms with Crippen molar-refractivity contribution < 1.29 is 18.4 Å². The van der Waals surface area contributed by atoms with Crippen molar-refractivity contribution in [3.05, 3.63) is 35.4 Å². The van der Waals surface area contributed by atoms with Gasteiger partial charge in [-0.05, 0) is 31.0 Å². The Kier molecular flexibility index (Phi) is 10.9. The van der Waals surface area contributed by atoms with Crippen LogP contribution in [0, 0.1) is 17.6 Å². The Bertz CT molecular complexity index is 551. The second-order valence-electron chi connectivity index (χ2n) is 5.83. The first-order chi connectivity index (χ1) is 11.4. The van der Waals surface area contributed by atoms with Crippen LogP contribution in [-0.4, -0.2) is 37.5 Å². The van der Waals surface area contributed by atoms with Crippen molar-refractivity contribution in [3.8, 4) is 0 Å². The van der Waals surface area contributed by atoms with E-state index in [4.69, 9.17) is 0 Å². The molecule has 1 aromatic rings. The van der Waals surface area contributed by atoms with E-state index in [-0.39, 0.29) is 24.2 Å². The summed E-state index contributed by atoms with van der Waals surface area (Å²) in [6.45, 7) is 7.41. The van der Waals surface area contributed by atoms with Gasteiger partial charge in [0.05, 0.1) is 0 Å². The van der Waals surface area contributed by atoms with E-state index in [9.17, 15) is 18.4 Å². The molecule has 142 valence electrons. The predicted molar refractivity (Wildman–Crippen MR) is 95.9 cm³/mol. The standard InChI is InChI=1S/C17H25F2N3O2.ClH/c1-4-8-20-9-10-21-17(24)15(11(2)3)22-16(23)14-12(18)6-5-7-13(14)19;/h5-7,11,15,20H,4,8-10H2,1-3H3,(H,21,24)(H,22,23);1H/t15-;/m0./s1. The smallest absolute Gasteiger partial charge is 0.257 e. The molecule has 1 rings (SSSR count). The number of benzene rings is 1. The van der Waals surface area contributed by atoms with Gasteiger partial charge in [-0.15, -0.1) is 12.4 Å². The van der Waals surface area contributed by atoms with Gasteiger partial charge < -0.3 is 16.0 Å². The maximum atomic E-state index is 13.7. The molecule has 5 nitrogen and oxygen atoms in total. The molecule has 3 N–H and O–H groups in total. The van der Waals surface area contributed by atoms with Gasteiger partial charge in [-0.25, -0.2) is 8.78 Å². The van der Waals surface area contributed by atoms with Crippen molar-refractivity contribution >= 4 is 24.2 Å². The van der Waals surface area contributed by atoms with Crippen molar-refractivity contribution in [1.82, 2.24) is 16.0 Å². The predicted octanol–water partition coefficient (Wildman–Crippen LogP) is 2.26. The van der Waals surface area contributed by atoms with E-state index in [1.807, 2.05) is 6.92 Å². The molecule has 8 heteroatoms. The van der Waals surface area contributed by atoms with Crippen LogP contribution in [0.1, 0.15) is 37.6 Å². The lowest BCUT2D eigenvalue weighted by atomic mass is 10.0. The molecule has 0 aliphatic heterocycles. The topological polar surface area (TPSA) is 70.2 Å². The van der Waals surface area contributed by atoms with Crippen LogP contribution in [0.2, 0.25) is 0 Å². The third-order valence-corrected chi connectivity index (χ3v) is 3.45. The Hall–Kier alpha value is -1.73. The summed E-state index contributed by atoms with van der Waals surface area (Å²) in [5.74, 6) is -3.47. The molecule has 0 aliphatic rings. The molecule has 0 spiro atoms. The molecule has 0 heterocycles. The first kappa shape index (κ1) is 23.3. The van der Waals surface area contributed by atoms with Crippen LogP contribution in [0.4, 0.5) is 8.78 Å². The van der Waals surface area contributed by atoms with Crippen LogP contribution in [0.15, 0.2) is 18.2 Å². The van der Waals surface area contributed by atoms with Crippen LogP contribution < -0.4 is 16.0 Å². The summed E-state index contributed by atoms with van der Waals surface area (Å²) in [4.78, 5) is 24.4. The monoisotopic (exact) mass is 377 g/mol. The number of hydrogen-bond acceptors (Lipinski definition) is 3. The molecule has 1 atom stereocenters. The molecule has 0 saturated heterocycles. The molecule has 0 fully saturated rings. The average molecular weight is 378 g/mol. The number of amides is 2. The van der Waals surface area contributed by atoms with Gasteiger partial charge in [-0.2, -0.15) is 0 Å². The lowest BCUT2D eigenvalue weighted by Gasteiger charge is -2.22. The SMILES string of the molecule is CCCNCCNC(=O)[C@@H](NC(=O)c1c(F)cccc1F)C(C)C.Cl. The largest absolute Gasteiger partial charge is 0.353 e. The Morgan fingerprint density at radius 2 is 1.68 bits per heavy atom. The number of carbonyl (C=O) groups excluding carboxylic acids is 2. The molecule has 0 saturated carbocycles. The Labute approximate surface area is 153 Å². The highest BCUT2D eigenvalue weighted by atomic mass is 35.5. The molecular weight excluding hydrogens is 352 g/mol. The van der Waals surface area contributed by atoms with Gasteiger partial charge in [0.25, 0.3) is 5.91 Å². The van der Waals surface area contributed by atoms with Crippen LogP contribution in [0.5, 0.6) is 0 Å². The van der Waals surface area contributed by atoms with Gasteiger partial charge in [0, 0.05) is 13.1 Å². The zero-order valence-electron chi connectivity index (χ0n) is 14.7. The highest BCUT2D eigenvalue weighted by Crippen LogP contribution is 2.13. The molecular formula is C17H26ClF2N3O2. The van der Waals surface area contributed by atoms with Crippen molar-refractivity contribution in [3.63, 3.8) is 0 Å². The summed E-state index contributed by atoms with van der Waals surface area (Å²) in [6.07, 6.45) is 0.993. The number of halogens is 3. The molecule has 0 radical (unpaired) electrons. The van der Waals surface area contributed by atoms with Gasteiger partial charge in [0.2, 0.25) is 5.91 Å². The third-order valence-electron chi connectivity index (χ3n) is 3.45. The molecule has 0 aliphatic carbocycles. The molecule has 1 aromatic carbocycles. The van der Waals surface area contributed by atoms with Crippen LogP contribution >= 0.6 is 12.4 Å². The third kappa shape index (κ3) is 7.36. The molecule has 0 aromatic heterocycles. The minimum absolute atomic E-state index is 0. The van der Waals surface area contributed by atoms with E-state index in [0.717, 1.165) is 25.1 Å². The van der Waals surface area contributed by atoms with E-state index in [1.165, 1.54) is 6.07 Å². The Balaban J connectivity index is 0.00000576. The van der Waals surface area contributed by atoms with Crippen molar-refractivity contribution in [2.45, 2.75) is 33.2 Å². The fourth-order valence-electron chi connectivity index (χ4n) is 2.15. The summed E-state index contributed by atoms with van der Waals surface area (Å²) in [7, 11) is 0. The zero-order valence-corrected chi connectivity index (χ0v) is 15.5. The van der Waals surface area contributed by atoms with Gasteiger partial charge in [0.15, 0.2) is 0 Å². The first-order valence-corrected chi connectivity index (χ1v) is 8.11. The molecule has 0 bridgehead atoms. The maximum absolute atomic E-state index is 13.7. The number of nitrogens with one attached hydrogen (secondary N) is 3.